The minimum Gasteiger partial charge on any atom is 2.00 e. The van der Waals surface area contributed by atoms with E-state index in [1.807, 2.05) is 0 Å². The molecule has 32 heavy (non-hydrogen) atoms. The summed E-state index contributed by atoms with van der Waals surface area (Å²) < 4.78 is 0. The summed E-state index contributed by atoms with van der Waals surface area (Å²) in [6.07, 6.45) is 13.7. The van der Waals surface area contributed by atoms with Gasteiger partial charge in [0.25, 0.3) is 0 Å². The van der Waals surface area contributed by atoms with Crippen LogP contribution >= 0.6 is 36.0 Å². The van der Waals surface area contributed by atoms with Crippen LogP contribution in [0.1, 0.15) is 83.1 Å². The van der Waals surface area contributed by atoms with Crippen molar-refractivity contribution < 1.29 is 31.4 Å². The Labute approximate surface area is 226 Å². The minimum atomic E-state index is -2.55. The zero-order valence-electron chi connectivity index (χ0n) is 21.9. The number of hydrogen-bond donors (Lipinski definition) is 0. The van der Waals surface area contributed by atoms with Crippen LogP contribution in [0.3, 0.4) is 0 Å². The fraction of sp³-hybridized carbons (Fsp3) is 0.692. The Balaban J connectivity index is 0.00000512. The average molecular weight is 652 g/mol. The molecule has 2 rings (SSSR count). The quantitative estimate of drug-likeness (QED) is 0.210. The standard InChI is InChI=1S/2C13H22P.2ClH.Fe.Pd/c2*1-12(2,3)14(13(4,5)6)11-9-7-8-10-11;;;;/h2*7-10H,1-6H3;2*1H;;/q;;;;2*+2/p-2. The van der Waals surface area contributed by atoms with Crippen LogP contribution in [0.2, 0.25) is 9.63 Å². The van der Waals surface area contributed by atoms with E-state index in [-0.39, 0.29) is 50.7 Å². The number of rotatable bonds is 4. The summed E-state index contributed by atoms with van der Waals surface area (Å²) in [5.74, 6) is 0. The second kappa shape index (κ2) is 10.5. The molecule has 2 atom stereocenters. The first-order valence-electron chi connectivity index (χ1n) is 11.2. The topological polar surface area (TPSA) is 0 Å². The van der Waals surface area contributed by atoms with Gasteiger partial charge >= 0.3 is 228 Å². The molecule has 0 saturated heterocycles. The Bertz CT molecular complexity index is 706. The fourth-order valence-corrected chi connectivity index (χ4v) is 21.1. The number of halogens is 2. The molecule has 2 unspecified atom stereocenters. The molecular weight excluding hydrogens is 607 g/mol. The second-order valence-electron chi connectivity index (χ2n) is 12.6. The first-order chi connectivity index (χ1) is 13.7. The van der Waals surface area contributed by atoms with Crippen molar-refractivity contribution in [2.75, 3.05) is 0 Å². The van der Waals surface area contributed by atoms with Crippen molar-refractivity contribution in [3.8, 4) is 0 Å². The van der Waals surface area contributed by atoms with Crippen molar-refractivity contribution >= 4 is 36.0 Å². The number of allylic oxidation sites excluding steroid dienone is 8. The molecule has 2 aliphatic carbocycles. The molecule has 0 aromatic carbocycles. The van der Waals surface area contributed by atoms with Crippen LogP contribution in [0.25, 0.3) is 0 Å². The third kappa shape index (κ3) is 6.87. The summed E-state index contributed by atoms with van der Waals surface area (Å²) in [5, 5.41) is 3.80. The van der Waals surface area contributed by atoms with Gasteiger partial charge in [-0.25, -0.2) is 0 Å². The maximum absolute atomic E-state index is 7.55. The van der Waals surface area contributed by atoms with Gasteiger partial charge in [-0.1, -0.05) is 0 Å². The molecule has 0 aromatic heterocycles. The van der Waals surface area contributed by atoms with E-state index in [2.05, 4.69) is 120 Å². The van der Waals surface area contributed by atoms with Gasteiger partial charge in [-0.2, -0.15) is 0 Å². The maximum atomic E-state index is 7.55. The summed E-state index contributed by atoms with van der Waals surface area (Å²) in [7, 11) is 14.3. The zero-order chi connectivity index (χ0) is 24.2. The third-order valence-corrected chi connectivity index (χ3v) is 18.8. The predicted molar refractivity (Wildman–Crippen MR) is 147 cm³/mol. The average Bonchev–Trinajstić information content (AvgIpc) is 3.10. The van der Waals surface area contributed by atoms with Crippen LogP contribution in [0.15, 0.2) is 47.1 Å². The van der Waals surface area contributed by atoms with Crippen molar-refractivity contribution in [2.24, 2.45) is 0 Å². The molecule has 2 aliphatic rings. The molecule has 0 nitrogen and oxygen atoms in total. The minimum absolute atomic E-state index is 0. The van der Waals surface area contributed by atoms with Gasteiger partial charge in [0.15, 0.2) is 0 Å². The Kier molecular flexibility index (Phi) is 10.4. The first kappa shape index (κ1) is 31.6. The zero-order valence-corrected chi connectivity index (χ0v) is 27.9. The van der Waals surface area contributed by atoms with Crippen molar-refractivity contribution in [3.05, 3.63) is 47.1 Å². The molecule has 0 N–H and O–H groups in total. The molecule has 0 saturated carbocycles. The van der Waals surface area contributed by atoms with E-state index in [4.69, 9.17) is 20.2 Å². The van der Waals surface area contributed by atoms with E-state index in [9.17, 15) is 0 Å². The van der Waals surface area contributed by atoms with Crippen LogP contribution in [-0.2, 0) is 31.4 Å². The Hall–Kier alpha value is 1.58. The molecule has 0 fully saturated rings. The van der Waals surface area contributed by atoms with E-state index >= 15 is 0 Å². The van der Waals surface area contributed by atoms with E-state index in [0.29, 0.717) is 0 Å². The van der Waals surface area contributed by atoms with Crippen molar-refractivity contribution in [1.29, 1.82) is 0 Å². The molecule has 0 spiro atoms. The summed E-state index contributed by atoms with van der Waals surface area (Å²) in [5.41, 5.74) is 0. The van der Waals surface area contributed by atoms with E-state index in [1.54, 1.807) is 0 Å². The Morgan fingerprint density at radius 1 is 0.594 bits per heavy atom. The van der Waals surface area contributed by atoms with Gasteiger partial charge in [-0.15, -0.1) is 0 Å². The third-order valence-electron chi connectivity index (χ3n) is 5.42. The van der Waals surface area contributed by atoms with Gasteiger partial charge in [0, 0.05) is 0 Å². The summed E-state index contributed by atoms with van der Waals surface area (Å²) in [6.45, 7) is 28.5. The van der Waals surface area contributed by atoms with Gasteiger partial charge in [0.05, 0.1) is 0 Å². The molecule has 0 aromatic rings. The SMILES string of the molecule is CC(C)(C)P(C1=CC=C[CH]1[Fe]([Cl])([Cl])[CH]1C=CC=C1P(C(C)(C)C)C(C)(C)C)C(C)(C)C.[Pd+2]. The second-order valence-corrected chi connectivity index (χ2v) is 27.4. The Morgan fingerprint density at radius 2 is 0.844 bits per heavy atom. The van der Waals surface area contributed by atoms with Crippen molar-refractivity contribution in [1.82, 2.24) is 0 Å². The van der Waals surface area contributed by atoms with Crippen LogP contribution in [-0.4, -0.2) is 20.6 Å². The van der Waals surface area contributed by atoms with E-state index in [1.165, 1.54) is 10.6 Å². The molecule has 6 heteroatoms. The van der Waals surface area contributed by atoms with Gasteiger partial charge in [0.1, 0.15) is 0 Å². The normalized spacial score (nSPS) is 23.0. The number of hydrogen-bond acceptors (Lipinski definition) is 0. The van der Waals surface area contributed by atoms with Crippen LogP contribution in [0.5, 0.6) is 0 Å². The molecule has 0 amide bonds. The van der Waals surface area contributed by atoms with Gasteiger partial charge in [-0.3, -0.25) is 0 Å². The van der Waals surface area contributed by atoms with Crippen molar-refractivity contribution in [3.63, 3.8) is 0 Å². The van der Waals surface area contributed by atoms with Crippen LogP contribution in [0.4, 0.5) is 0 Å². The van der Waals surface area contributed by atoms with E-state index in [0.717, 1.165) is 0 Å². The van der Waals surface area contributed by atoms with Crippen molar-refractivity contribution in [2.45, 2.75) is 113 Å². The predicted octanol–water partition coefficient (Wildman–Crippen LogP) is 11.1. The maximum Gasteiger partial charge on any atom is 2.00 e. The fourth-order valence-electron chi connectivity index (χ4n) is 5.42. The molecule has 0 heterocycles. The smallest absolute Gasteiger partial charge is 2.00 e. The Morgan fingerprint density at radius 3 is 1.06 bits per heavy atom. The van der Waals surface area contributed by atoms with Crippen LogP contribution in [0, 0.1) is 0 Å². The van der Waals surface area contributed by atoms with Gasteiger partial charge in [0.2, 0.25) is 0 Å². The summed E-state index contributed by atoms with van der Waals surface area (Å²) >= 11 is -2.55. The van der Waals surface area contributed by atoms with Crippen LogP contribution < -0.4 is 0 Å². The monoisotopic (exact) mass is 650 g/mol. The molecule has 188 valence electrons. The molecule has 0 aliphatic heterocycles. The van der Waals surface area contributed by atoms with Gasteiger partial charge in [-0.05, 0) is 0 Å². The largest absolute Gasteiger partial charge is 2.00 e. The first-order valence-corrected chi connectivity index (χ1v) is 18.2. The van der Waals surface area contributed by atoms with E-state index < -0.39 is 26.9 Å². The summed E-state index contributed by atoms with van der Waals surface area (Å²) in [6, 6.07) is 0. The molecule has 0 radical (unpaired) electrons. The summed E-state index contributed by atoms with van der Waals surface area (Å²) in [4.78, 5) is 0.321. The molecule has 0 bridgehead atoms. The molecular formula is C26H44Cl2FeP2Pd+2. The van der Waals surface area contributed by atoms with Gasteiger partial charge < -0.3 is 0 Å².